The van der Waals surface area contributed by atoms with E-state index in [2.05, 4.69) is 45.1 Å². The summed E-state index contributed by atoms with van der Waals surface area (Å²) >= 11 is 0. The second-order valence-electron chi connectivity index (χ2n) is 8.67. The Hall–Kier alpha value is -1.79. The number of benzene rings is 1. The van der Waals surface area contributed by atoms with Crippen molar-refractivity contribution in [1.29, 1.82) is 0 Å². The predicted octanol–water partition coefficient (Wildman–Crippen LogP) is 4.34. The standard InChI is InChI=1S/C22H36N2O4.C3H8/c1-15(2)17(14-18(23)19-8-9-22(25)28-19)12-16-6-7-20(26-4)21(13-16)27-11-5-10-24-3;1-3-2/h6-7,13,15,17-19,24H,5,8-12,14,23H2,1-4H3;3H2,1-2H3. The normalized spacial score (nSPS) is 17.5. The Bertz CT molecular complexity index is 636. The molecule has 1 saturated heterocycles. The average Bonchev–Trinajstić information content (AvgIpc) is 3.18. The molecule has 1 aromatic carbocycles. The number of hydrogen-bond donors (Lipinski definition) is 2. The van der Waals surface area contributed by atoms with E-state index >= 15 is 0 Å². The van der Waals surface area contributed by atoms with Crippen LogP contribution in [0.1, 0.15) is 65.4 Å². The number of rotatable bonds is 12. The summed E-state index contributed by atoms with van der Waals surface area (Å²) in [6, 6.07) is 6.03. The number of methoxy groups -OCH3 is 1. The maximum atomic E-state index is 11.4. The third-order valence-electron chi connectivity index (χ3n) is 5.47. The van der Waals surface area contributed by atoms with Gasteiger partial charge in [-0.1, -0.05) is 40.2 Å². The minimum absolute atomic E-state index is 0.116. The molecule has 0 spiro atoms. The van der Waals surface area contributed by atoms with Crippen LogP contribution in [0.25, 0.3) is 0 Å². The zero-order valence-electron chi connectivity index (χ0n) is 20.4. The van der Waals surface area contributed by atoms with Gasteiger partial charge in [0, 0.05) is 12.5 Å². The Morgan fingerprint density at radius 3 is 2.52 bits per heavy atom. The molecule has 0 radical (unpaired) electrons. The van der Waals surface area contributed by atoms with Crippen LogP contribution in [0.5, 0.6) is 11.5 Å². The zero-order chi connectivity index (χ0) is 23.2. The van der Waals surface area contributed by atoms with Crippen molar-refractivity contribution in [3.05, 3.63) is 23.8 Å². The highest BCUT2D eigenvalue weighted by molar-refractivity contribution is 5.71. The first-order chi connectivity index (χ1) is 14.9. The van der Waals surface area contributed by atoms with Crippen LogP contribution in [0.2, 0.25) is 0 Å². The van der Waals surface area contributed by atoms with Crippen LogP contribution in [-0.4, -0.2) is 45.4 Å². The number of hydrogen-bond acceptors (Lipinski definition) is 6. The van der Waals surface area contributed by atoms with Gasteiger partial charge in [0.15, 0.2) is 11.5 Å². The van der Waals surface area contributed by atoms with Crippen LogP contribution in [0.3, 0.4) is 0 Å². The molecular formula is C25H44N2O4. The molecular weight excluding hydrogens is 392 g/mol. The SMILES string of the molecule is CCC.CNCCCOc1cc(CC(CC(N)C2CCC(=O)O2)C(C)C)ccc1OC. The molecule has 1 fully saturated rings. The van der Waals surface area contributed by atoms with Crippen LogP contribution in [0.15, 0.2) is 18.2 Å². The first-order valence-electron chi connectivity index (χ1n) is 11.7. The fourth-order valence-corrected chi connectivity index (χ4v) is 3.64. The molecule has 3 unspecified atom stereocenters. The molecule has 0 aliphatic carbocycles. The summed E-state index contributed by atoms with van der Waals surface area (Å²) in [5.74, 6) is 2.29. The molecule has 1 aliphatic rings. The number of nitrogens with two attached hydrogens (primary N) is 1. The lowest BCUT2D eigenvalue weighted by molar-refractivity contribution is -0.142. The molecule has 31 heavy (non-hydrogen) atoms. The Balaban J connectivity index is 0.00000151. The van der Waals surface area contributed by atoms with Crippen LogP contribution >= 0.6 is 0 Å². The molecule has 2 rings (SSSR count). The number of ether oxygens (including phenoxy) is 3. The lowest BCUT2D eigenvalue weighted by Crippen LogP contribution is -2.37. The first kappa shape index (κ1) is 27.2. The highest BCUT2D eigenvalue weighted by Gasteiger charge is 2.31. The molecule has 6 nitrogen and oxygen atoms in total. The Labute approximate surface area is 189 Å². The van der Waals surface area contributed by atoms with Gasteiger partial charge in [-0.25, -0.2) is 0 Å². The van der Waals surface area contributed by atoms with E-state index in [0.717, 1.165) is 43.7 Å². The Morgan fingerprint density at radius 1 is 1.26 bits per heavy atom. The number of cyclic esters (lactones) is 1. The van der Waals surface area contributed by atoms with Crippen LogP contribution in [0.4, 0.5) is 0 Å². The van der Waals surface area contributed by atoms with E-state index < -0.39 is 0 Å². The third kappa shape index (κ3) is 9.92. The van der Waals surface area contributed by atoms with Gasteiger partial charge < -0.3 is 25.3 Å². The summed E-state index contributed by atoms with van der Waals surface area (Å²) < 4.78 is 16.7. The van der Waals surface area contributed by atoms with Crippen molar-refractivity contribution in [3.63, 3.8) is 0 Å². The molecule has 0 saturated carbocycles. The zero-order valence-corrected chi connectivity index (χ0v) is 20.4. The van der Waals surface area contributed by atoms with Gasteiger partial charge in [-0.05, 0) is 68.8 Å². The fourth-order valence-electron chi connectivity index (χ4n) is 3.64. The highest BCUT2D eigenvalue weighted by Crippen LogP contribution is 2.32. The van der Waals surface area contributed by atoms with E-state index in [9.17, 15) is 4.79 Å². The summed E-state index contributed by atoms with van der Waals surface area (Å²) in [6.07, 6.45) is 5.00. The Morgan fingerprint density at radius 2 is 1.97 bits per heavy atom. The van der Waals surface area contributed by atoms with E-state index in [0.29, 0.717) is 24.9 Å². The van der Waals surface area contributed by atoms with Crippen molar-refractivity contribution in [2.45, 2.75) is 78.4 Å². The number of carbonyl (C=O) groups excluding carboxylic acids is 1. The topological polar surface area (TPSA) is 82.8 Å². The van der Waals surface area contributed by atoms with Crippen molar-refractivity contribution in [2.24, 2.45) is 17.6 Å². The van der Waals surface area contributed by atoms with Gasteiger partial charge in [0.2, 0.25) is 0 Å². The molecule has 0 aromatic heterocycles. The van der Waals surface area contributed by atoms with E-state index in [1.54, 1.807) is 7.11 Å². The van der Waals surface area contributed by atoms with E-state index in [4.69, 9.17) is 19.9 Å². The molecule has 1 heterocycles. The minimum Gasteiger partial charge on any atom is -0.493 e. The molecule has 1 aliphatic heterocycles. The van der Waals surface area contributed by atoms with Crippen LogP contribution in [-0.2, 0) is 16.0 Å². The van der Waals surface area contributed by atoms with Crippen LogP contribution in [0, 0.1) is 11.8 Å². The number of esters is 1. The van der Waals surface area contributed by atoms with E-state index in [-0.39, 0.29) is 18.1 Å². The number of carbonyl (C=O) groups is 1. The van der Waals surface area contributed by atoms with Crippen LogP contribution < -0.4 is 20.5 Å². The summed E-state index contributed by atoms with van der Waals surface area (Å²) in [7, 11) is 3.60. The summed E-state index contributed by atoms with van der Waals surface area (Å²) in [5, 5.41) is 3.12. The van der Waals surface area contributed by atoms with E-state index in [1.807, 2.05) is 13.1 Å². The van der Waals surface area contributed by atoms with Gasteiger partial charge in [0.25, 0.3) is 0 Å². The minimum atomic E-state index is -0.143. The van der Waals surface area contributed by atoms with Gasteiger partial charge in [-0.2, -0.15) is 0 Å². The fraction of sp³-hybridized carbons (Fsp3) is 0.720. The maximum Gasteiger partial charge on any atom is 0.306 e. The molecule has 3 N–H and O–H groups in total. The van der Waals surface area contributed by atoms with Gasteiger partial charge in [-0.3, -0.25) is 4.79 Å². The van der Waals surface area contributed by atoms with Gasteiger partial charge >= 0.3 is 5.97 Å². The molecule has 6 heteroatoms. The number of nitrogens with one attached hydrogen (secondary N) is 1. The monoisotopic (exact) mass is 436 g/mol. The Kier molecular flexibility index (Phi) is 13.3. The lowest BCUT2D eigenvalue weighted by Gasteiger charge is -2.27. The summed E-state index contributed by atoms with van der Waals surface area (Å²) in [4.78, 5) is 11.4. The van der Waals surface area contributed by atoms with Gasteiger partial charge in [-0.15, -0.1) is 0 Å². The van der Waals surface area contributed by atoms with E-state index in [1.165, 1.54) is 12.0 Å². The largest absolute Gasteiger partial charge is 0.493 e. The molecule has 178 valence electrons. The van der Waals surface area contributed by atoms with Gasteiger partial charge in [0.05, 0.1) is 13.7 Å². The van der Waals surface area contributed by atoms with Crippen molar-refractivity contribution in [1.82, 2.24) is 5.32 Å². The highest BCUT2D eigenvalue weighted by atomic mass is 16.6. The molecule has 0 amide bonds. The van der Waals surface area contributed by atoms with Crippen molar-refractivity contribution in [3.8, 4) is 11.5 Å². The molecule has 0 bridgehead atoms. The quantitative estimate of drug-likeness (QED) is 0.375. The van der Waals surface area contributed by atoms with Crippen molar-refractivity contribution >= 4 is 5.97 Å². The van der Waals surface area contributed by atoms with Gasteiger partial charge in [0.1, 0.15) is 6.10 Å². The second kappa shape index (κ2) is 15.1. The summed E-state index contributed by atoms with van der Waals surface area (Å²) in [5.41, 5.74) is 7.58. The molecule has 1 aromatic rings. The second-order valence-corrected chi connectivity index (χ2v) is 8.67. The summed E-state index contributed by atoms with van der Waals surface area (Å²) in [6.45, 7) is 10.3. The average molecular weight is 437 g/mol. The predicted molar refractivity (Wildman–Crippen MR) is 127 cm³/mol. The smallest absolute Gasteiger partial charge is 0.306 e. The van der Waals surface area contributed by atoms with Crippen molar-refractivity contribution in [2.75, 3.05) is 27.3 Å². The first-order valence-corrected chi connectivity index (χ1v) is 11.7. The lowest BCUT2D eigenvalue weighted by atomic mass is 9.83. The third-order valence-corrected chi connectivity index (χ3v) is 5.47. The van der Waals surface area contributed by atoms with Crippen molar-refractivity contribution < 1.29 is 19.0 Å². The maximum absolute atomic E-state index is 11.4. The molecule has 3 atom stereocenters.